The molecule has 1 fully saturated rings. The molecule has 0 saturated heterocycles. The Kier molecular flexibility index (Phi) is 6.30. The van der Waals surface area contributed by atoms with Crippen molar-refractivity contribution in [2.75, 3.05) is 7.11 Å². The summed E-state index contributed by atoms with van der Waals surface area (Å²) in [6, 6.07) is 2.67. The Labute approximate surface area is 139 Å². The van der Waals surface area contributed by atoms with E-state index in [1.807, 2.05) is 0 Å². The van der Waals surface area contributed by atoms with Gasteiger partial charge in [0, 0.05) is 18.2 Å². The van der Waals surface area contributed by atoms with Crippen LogP contribution in [0.15, 0.2) is 12.1 Å². The van der Waals surface area contributed by atoms with Crippen LogP contribution in [0.25, 0.3) is 0 Å². The molecule has 24 heavy (non-hydrogen) atoms. The first-order valence-corrected chi connectivity index (χ1v) is 7.96. The molecule has 0 aromatic heterocycles. The summed E-state index contributed by atoms with van der Waals surface area (Å²) in [4.78, 5) is 10.7. The number of nitro groups is 1. The van der Waals surface area contributed by atoms with Crippen LogP contribution in [0.3, 0.4) is 0 Å². The number of hydrogen-bond donors (Lipinski definition) is 1. The van der Waals surface area contributed by atoms with E-state index < -0.39 is 11.5 Å². The van der Waals surface area contributed by atoms with Gasteiger partial charge >= 0.3 is 6.61 Å². The Morgan fingerprint density at radius 2 is 2.04 bits per heavy atom. The van der Waals surface area contributed by atoms with Crippen LogP contribution in [-0.2, 0) is 6.54 Å². The lowest BCUT2D eigenvalue weighted by atomic mass is 9.86. The summed E-state index contributed by atoms with van der Waals surface area (Å²) in [5.41, 5.74) is 0.124. The Balaban J connectivity index is 2.22. The van der Waals surface area contributed by atoms with Crippen LogP contribution in [-0.4, -0.2) is 24.7 Å². The Morgan fingerprint density at radius 3 is 2.62 bits per heavy atom. The molecule has 1 aliphatic rings. The van der Waals surface area contributed by atoms with Crippen molar-refractivity contribution in [3.05, 3.63) is 27.8 Å². The van der Waals surface area contributed by atoms with Gasteiger partial charge < -0.3 is 14.8 Å². The second-order valence-corrected chi connectivity index (χ2v) is 6.02. The van der Waals surface area contributed by atoms with Gasteiger partial charge in [-0.3, -0.25) is 10.1 Å². The number of hydrogen-bond acceptors (Lipinski definition) is 5. The van der Waals surface area contributed by atoms with E-state index in [4.69, 9.17) is 4.74 Å². The van der Waals surface area contributed by atoms with Crippen LogP contribution >= 0.6 is 0 Å². The van der Waals surface area contributed by atoms with E-state index in [-0.39, 0.29) is 23.7 Å². The van der Waals surface area contributed by atoms with Crippen molar-refractivity contribution in [3.63, 3.8) is 0 Å². The summed E-state index contributed by atoms with van der Waals surface area (Å²) in [6.45, 7) is -0.646. The number of nitrogens with one attached hydrogen (secondary N) is 1. The minimum atomic E-state index is -3.08. The van der Waals surface area contributed by atoms with E-state index in [2.05, 4.69) is 17.0 Å². The standard InChI is InChI=1S/C16H22F2N2O4/c1-10-5-3-4-6-12(10)19-9-11-7-14(23-2)15(24-16(17)18)8-13(11)20(21)22/h7-8,10,12,16,19H,3-6,9H2,1-2H3. The number of nitrogens with zero attached hydrogens (tertiary/aromatic N) is 1. The minimum Gasteiger partial charge on any atom is -0.493 e. The lowest BCUT2D eigenvalue weighted by molar-refractivity contribution is -0.385. The first kappa shape index (κ1) is 18.4. The maximum Gasteiger partial charge on any atom is 0.387 e. The lowest BCUT2D eigenvalue weighted by Crippen LogP contribution is -2.36. The van der Waals surface area contributed by atoms with Gasteiger partial charge in [0.25, 0.3) is 5.69 Å². The number of ether oxygens (including phenoxy) is 2. The SMILES string of the molecule is COc1cc(CNC2CCCCC2C)c([N+](=O)[O-])cc1OC(F)F. The van der Waals surface area contributed by atoms with Crippen molar-refractivity contribution < 1.29 is 23.2 Å². The van der Waals surface area contributed by atoms with E-state index >= 15 is 0 Å². The van der Waals surface area contributed by atoms with Crippen LogP contribution in [0.4, 0.5) is 14.5 Å². The molecule has 1 aromatic rings. The maximum absolute atomic E-state index is 12.4. The molecule has 6 nitrogen and oxygen atoms in total. The molecule has 0 aliphatic heterocycles. The molecule has 0 spiro atoms. The van der Waals surface area contributed by atoms with E-state index in [9.17, 15) is 18.9 Å². The molecule has 1 saturated carbocycles. The maximum atomic E-state index is 12.4. The molecule has 2 unspecified atom stereocenters. The third-order valence-electron chi connectivity index (χ3n) is 4.44. The summed E-state index contributed by atoms with van der Waals surface area (Å²) in [7, 11) is 1.31. The van der Waals surface area contributed by atoms with Gasteiger partial charge in [-0.25, -0.2) is 0 Å². The highest BCUT2D eigenvalue weighted by Gasteiger charge is 2.24. The Hall–Kier alpha value is -1.96. The molecule has 0 radical (unpaired) electrons. The van der Waals surface area contributed by atoms with Crippen LogP contribution < -0.4 is 14.8 Å². The van der Waals surface area contributed by atoms with Crippen molar-refractivity contribution in [1.29, 1.82) is 0 Å². The van der Waals surface area contributed by atoms with E-state index in [1.165, 1.54) is 19.6 Å². The van der Waals surface area contributed by atoms with Crippen molar-refractivity contribution >= 4 is 5.69 Å². The fraction of sp³-hybridized carbons (Fsp3) is 0.625. The van der Waals surface area contributed by atoms with Gasteiger partial charge in [0.05, 0.1) is 18.1 Å². The summed E-state index contributed by atoms with van der Waals surface area (Å²) >= 11 is 0. The zero-order valence-electron chi connectivity index (χ0n) is 13.8. The Morgan fingerprint density at radius 1 is 1.33 bits per heavy atom. The van der Waals surface area contributed by atoms with Crippen LogP contribution in [0.5, 0.6) is 11.5 Å². The lowest BCUT2D eigenvalue weighted by Gasteiger charge is -2.29. The van der Waals surface area contributed by atoms with Crippen molar-refractivity contribution in [2.45, 2.75) is 51.8 Å². The van der Waals surface area contributed by atoms with Gasteiger partial charge in [-0.2, -0.15) is 8.78 Å². The molecule has 2 atom stereocenters. The van der Waals surface area contributed by atoms with Gasteiger partial charge in [-0.1, -0.05) is 19.8 Å². The molecule has 1 aromatic carbocycles. The number of methoxy groups -OCH3 is 1. The summed E-state index contributed by atoms with van der Waals surface area (Å²) < 4.78 is 34.2. The van der Waals surface area contributed by atoms with Crippen molar-refractivity contribution in [3.8, 4) is 11.5 Å². The number of alkyl halides is 2. The predicted molar refractivity (Wildman–Crippen MR) is 84.5 cm³/mol. The second kappa shape index (κ2) is 8.23. The monoisotopic (exact) mass is 344 g/mol. The van der Waals surface area contributed by atoms with Gasteiger partial charge in [0.15, 0.2) is 11.5 Å². The summed E-state index contributed by atoms with van der Waals surface area (Å²) in [6.07, 6.45) is 4.49. The first-order chi connectivity index (χ1) is 11.4. The smallest absolute Gasteiger partial charge is 0.387 e. The molecular formula is C16H22F2N2O4. The molecule has 2 rings (SSSR count). The van der Waals surface area contributed by atoms with E-state index in [0.29, 0.717) is 17.5 Å². The molecule has 0 bridgehead atoms. The average molecular weight is 344 g/mol. The van der Waals surface area contributed by atoms with Gasteiger partial charge in [0.1, 0.15) is 0 Å². The van der Waals surface area contributed by atoms with Crippen molar-refractivity contribution in [1.82, 2.24) is 5.32 Å². The van der Waals surface area contributed by atoms with E-state index in [1.54, 1.807) is 0 Å². The summed E-state index contributed by atoms with van der Waals surface area (Å²) in [5, 5.41) is 14.6. The Bertz CT molecular complexity index is 583. The van der Waals surface area contributed by atoms with Crippen LogP contribution in [0.1, 0.15) is 38.2 Å². The highest BCUT2D eigenvalue weighted by molar-refractivity contribution is 5.54. The normalized spacial score (nSPS) is 20.9. The first-order valence-electron chi connectivity index (χ1n) is 7.96. The fourth-order valence-electron chi connectivity index (χ4n) is 3.11. The van der Waals surface area contributed by atoms with Crippen molar-refractivity contribution in [2.24, 2.45) is 5.92 Å². The van der Waals surface area contributed by atoms with E-state index in [0.717, 1.165) is 25.3 Å². The third-order valence-corrected chi connectivity index (χ3v) is 4.44. The van der Waals surface area contributed by atoms with Crippen LogP contribution in [0.2, 0.25) is 0 Å². The summed E-state index contributed by atoms with van der Waals surface area (Å²) in [5.74, 6) is 0.213. The van der Waals surface area contributed by atoms with Gasteiger partial charge in [0.2, 0.25) is 0 Å². The van der Waals surface area contributed by atoms with Gasteiger partial charge in [-0.15, -0.1) is 0 Å². The molecule has 8 heteroatoms. The second-order valence-electron chi connectivity index (χ2n) is 6.02. The highest BCUT2D eigenvalue weighted by atomic mass is 19.3. The zero-order valence-corrected chi connectivity index (χ0v) is 13.8. The quantitative estimate of drug-likeness (QED) is 0.600. The largest absolute Gasteiger partial charge is 0.493 e. The molecular weight excluding hydrogens is 322 g/mol. The number of benzene rings is 1. The van der Waals surface area contributed by atoms with Crippen LogP contribution in [0, 0.1) is 16.0 Å². The number of rotatable bonds is 7. The molecule has 1 aliphatic carbocycles. The average Bonchev–Trinajstić information content (AvgIpc) is 2.53. The number of nitro benzene ring substituents is 1. The highest BCUT2D eigenvalue weighted by Crippen LogP contribution is 2.36. The molecule has 1 N–H and O–H groups in total. The molecule has 0 amide bonds. The zero-order chi connectivity index (χ0) is 17.7. The fourth-order valence-corrected chi connectivity index (χ4v) is 3.11. The third kappa shape index (κ3) is 4.53. The predicted octanol–water partition coefficient (Wildman–Crippen LogP) is 3.87. The topological polar surface area (TPSA) is 73.6 Å². The molecule has 134 valence electrons. The van der Waals surface area contributed by atoms with Gasteiger partial charge in [-0.05, 0) is 24.8 Å². The minimum absolute atomic E-state index is 0.0504. The molecule has 0 heterocycles. The number of halogens is 2.